The first-order valence-corrected chi connectivity index (χ1v) is 6.02. The number of hydrogen-bond acceptors (Lipinski definition) is 4. The molecule has 0 rings (SSSR count). The van der Waals surface area contributed by atoms with Gasteiger partial charge >= 0.3 is 20.4 Å². The Morgan fingerprint density at radius 1 is 1.17 bits per heavy atom. The molecule has 0 aromatic rings. The van der Waals surface area contributed by atoms with Crippen molar-refractivity contribution in [1.29, 1.82) is 0 Å². The van der Waals surface area contributed by atoms with Crippen LogP contribution in [0.25, 0.3) is 0 Å². The Hall–Kier alpha value is -0.240. The van der Waals surface area contributed by atoms with E-state index < -0.39 is 31.4 Å². The molecule has 0 amide bonds. The highest BCUT2D eigenvalue weighted by Crippen LogP contribution is 2.11. The van der Waals surface area contributed by atoms with Crippen molar-refractivity contribution in [3.05, 3.63) is 0 Å². The zero-order valence-corrected chi connectivity index (χ0v) is 7.83. The third kappa shape index (κ3) is 4.60. The highest BCUT2D eigenvalue weighted by atomic mass is 32.3. The van der Waals surface area contributed by atoms with Crippen molar-refractivity contribution >= 4 is 20.4 Å². The van der Waals surface area contributed by atoms with Gasteiger partial charge < -0.3 is 0 Å². The quantitative estimate of drug-likeness (QED) is 0.644. The zero-order valence-electron chi connectivity index (χ0n) is 6.20. The molecule has 74 valence electrons. The van der Waals surface area contributed by atoms with Gasteiger partial charge in [-0.15, -0.1) is 7.77 Å². The van der Waals surface area contributed by atoms with Gasteiger partial charge in [-0.25, -0.2) is 0 Å². The van der Waals surface area contributed by atoms with Gasteiger partial charge in [0.25, 0.3) is 0 Å². The van der Waals surface area contributed by atoms with Gasteiger partial charge in [0, 0.05) is 0 Å². The lowest BCUT2D eigenvalue weighted by atomic mass is 10.4. The summed E-state index contributed by atoms with van der Waals surface area (Å²) in [7, 11) is -9.91. The monoisotopic (exact) mass is 222 g/mol. The first kappa shape index (κ1) is 11.8. The van der Waals surface area contributed by atoms with Crippen LogP contribution in [0.3, 0.4) is 0 Å². The summed E-state index contributed by atoms with van der Waals surface area (Å²) in [4.78, 5) is 0. The van der Waals surface area contributed by atoms with E-state index in [2.05, 4.69) is 0 Å². The SMILES string of the molecule is CCC(CS(=O)(=O)F)S(=O)(=O)F. The van der Waals surface area contributed by atoms with Crippen LogP contribution in [-0.4, -0.2) is 27.8 Å². The maximum absolute atomic E-state index is 12.1. The lowest BCUT2D eigenvalue weighted by Gasteiger charge is -2.05. The fourth-order valence-corrected chi connectivity index (χ4v) is 2.84. The maximum Gasteiger partial charge on any atom is 0.306 e. The average Bonchev–Trinajstić information content (AvgIpc) is 1.78. The zero-order chi connectivity index (χ0) is 9.99. The van der Waals surface area contributed by atoms with Gasteiger partial charge in [-0.05, 0) is 6.42 Å². The fraction of sp³-hybridized carbons (Fsp3) is 1.00. The molecule has 0 saturated carbocycles. The molecular weight excluding hydrogens is 214 g/mol. The van der Waals surface area contributed by atoms with E-state index in [4.69, 9.17) is 0 Å². The number of halogens is 2. The second-order valence-electron chi connectivity index (χ2n) is 2.21. The van der Waals surface area contributed by atoms with E-state index >= 15 is 0 Å². The summed E-state index contributed by atoms with van der Waals surface area (Å²) in [6.45, 7) is 1.26. The van der Waals surface area contributed by atoms with Gasteiger partial charge in [-0.3, -0.25) is 0 Å². The molecular formula is C4H8F2O4S2. The van der Waals surface area contributed by atoms with Crippen molar-refractivity contribution < 1.29 is 24.6 Å². The average molecular weight is 222 g/mol. The van der Waals surface area contributed by atoms with E-state index in [1.807, 2.05) is 0 Å². The molecule has 0 aromatic carbocycles. The lowest BCUT2D eigenvalue weighted by Crippen LogP contribution is -2.24. The van der Waals surface area contributed by atoms with Crippen molar-refractivity contribution in [3.63, 3.8) is 0 Å². The summed E-state index contributed by atoms with van der Waals surface area (Å²) in [5.74, 6) is -1.32. The van der Waals surface area contributed by atoms with Crippen LogP contribution < -0.4 is 0 Å². The lowest BCUT2D eigenvalue weighted by molar-refractivity contribution is 0.522. The molecule has 0 aliphatic carbocycles. The maximum atomic E-state index is 12.1. The van der Waals surface area contributed by atoms with Gasteiger partial charge in [0.2, 0.25) is 0 Å². The van der Waals surface area contributed by atoms with E-state index in [0.717, 1.165) is 0 Å². The third-order valence-electron chi connectivity index (χ3n) is 1.24. The first-order chi connectivity index (χ1) is 5.17. The molecule has 0 aromatic heterocycles. The third-order valence-corrected chi connectivity index (χ3v) is 3.55. The molecule has 0 N–H and O–H groups in total. The molecule has 0 fully saturated rings. The van der Waals surface area contributed by atoms with Crippen LogP contribution in [0.15, 0.2) is 0 Å². The van der Waals surface area contributed by atoms with E-state index in [9.17, 15) is 24.6 Å². The Balaban J connectivity index is 4.64. The van der Waals surface area contributed by atoms with Gasteiger partial charge in [0.05, 0.1) is 5.75 Å². The Labute approximate surface area is 70.0 Å². The highest BCUT2D eigenvalue weighted by Gasteiger charge is 2.28. The summed E-state index contributed by atoms with van der Waals surface area (Å²) in [5, 5.41) is -1.80. The molecule has 0 radical (unpaired) electrons. The highest BCUT2D eigenvalue weighted by molar-refractivity contribution is 7.90. The second-order valence-corrected chi connectivity index (χ2v) is 5.24. The van der Waals surface area contributed by atoms with Gasteiger partial charge in [0.1, 0.15) is 5.25 Å². The topological polar surface area (TPSA) is 68.3 Å². The molecule has 1 unspecified atom stereocenters. The standard InChI is InChI=1S/C4H8F2O4S2/c1-2-4(12(6,9)10)3-11(5,7)8/h4H,2-3H2,1H3. The second kappa shape index (κ2) is 3.65. The predicted molar refractivity (Wildman–Crippen MR) is 39.0 cm³/mol. The predicted octanol–water partition coefficient (Wildman–Crippen LogP) is 0.364. The Morgan fingerprint density at radius 3 is 1.67 bits per heavy atom. The molecule has 0 spiro atoms. The van der Waals surface area contributed by atoms with Crippen molar-refractivity contribution in [2.24, 2.45) is 0 Å². The van der Waals surface area contributed by atoms with Crippen molar-refractivity contribution in [2.75, 3.05) is 5.75 Å². The van der Waals surface area contributed by atoms with Crippen molar-refractivity contribution in [3.8, 4) is 0 Å². The fourth-order valence-electron chi connectivity index (χ4n) is 0.620. The minimum absolute atomic E-state index is 0.276. The van der Waals surface area contributed by atoms with Crippen LogP contribution in [0.5, 0.6) is 0 Å². The van der Waals surface area contributed by atoms with E-state index in [1.165, 1.54) is 6.92 Å². The Morgan fingerprint density at radius 2 is 1.58 bits per heavy atom. The van der Waals surface area contributed by atoms with Crippen LogP contribution >= 0.6 is 0 Å². The van der Waals surface area contributed by atoms with Crippen molar-refractivity contribution in [1.82, 2.24) is 0 Å². The Kier molecular flexibility index (Phi) is 3.58. The van der Waals surface area contributed by atoms with Crippen molar-refractivity contribution in [2.45, 2.75) is 18.6 Å². The minimum atomic E-state index is -4.97. The molecule has 1 atom stereocenters. The van der Waals surface area contributed by atoms with E-state index in [-0.39, 0.29) is 6.42 Å². The summed E-state index contributed by atoms with van der Waals surface area (Å²) in [6, 6.07) is 0. The van der Waals surface area contributed by atoms with E-state index in [1.54, 1.807) is 0 Å². The largest absolute Gasteiger partial charge is 0.306 e. The summed E-state index contributed by atoms with van der Waals surface area (Å²) in [6.07, 6.45) is -0.276. The summed E-state index contributed by atoms with van der Waals surface area (Å²) in [5.41, 5.74) is 0. The molecule has 0 aliphatic heterocycles. The summed E-state index contributed by atoms with van der Waals surface area (Å²) >= 11 is 0. The molecule has 4 nitrogen and oxygen atoms in total. The van der Waals surface area contributed by atoms with E-state index in [0.29, 0.717) is 0 Å². The Bertz CT molecular complexity index is 330. The van der Waals surface area contributed by atoms with Crippen LogP contribution in [0.4, 0.5) is 7.77 Å². The van der Waals surface area contributed by atoms with Gasteiger partial charge in [-0.2, -0.15) is 16.8 Å². The number of rotatable bonds is 4. The molecule has 0 aliphatic rings. The van der Waals surface area contributed by atoms with Crippen LogP contribution in [0, 0.1) is 0 Å². The first-order valence-electron chi connectivity index (χ1n) is 3.02. The molecule has 8 heteroatoms. The molecule has 12 heavy (non-hydrogen) atoms. The molecule has 0 heterocycles. The normalized spacial score (nSPS) is 15.9. The van der Waals surface area contributed by atoms with Crippen LogP contribution in [0.1, 0.15) is 13.3 Å². The smallest absolute Gasteiger partial charge is 0.195 e. The minimum Gasteiger partial charge on any atom is -0.195 e. The van der Waals surface area contributed by atoms with Crippen LogP contribution in [-0.2, 0) is 20.4 Å². The summed E-state index contributed by atoms with van der Waals surface area (Å²) < 4.78 is 64.2. The molecule has 0 saturated heterocycles. The van der Waals surface area contributed by atoms with Crippen LogP contribution in [0.2, 0.25) is 0 Å². The number of hydrogen-bond donors (Lipinski definition) is 0. The van der Waals surface area contributed by atoms with Gasteiger partial charge in [0.15, 0.2) is 0 Å². The molecule has 0 bridgehead atoms. The van der Waals surface area contributed by atoms with Gasteiger partial charge in [-0.1, -0.05) is 6.92 Å².